The third-order valence-electron chi connectivity index (χ3n) is 2.74. The Bertz CT molecular complexity index is 606. The number of hydrogen-bond acceptors (Lipinski definition) is 3. The van der Waals surface area contributed by atoms with Crippen molar-refractivity contribution in [2.45, 2.75) is 13.8 Å². The van der Waals surface area contributed by atoms with Crippen molar-refractivity contribution in [1.29, 1.82) is 0 Å². The molecule has 1 heterocycles. The molecule has 1 N–H and O–H groups in total. The van der Waals surface area contributed by atoms with E-state index in [1.165, 1.54) is 5.56 Å². The van der Waals surface area contributed by atoms with Crippen molar-refractivity contribution in [1.82, 2.24) is 10.4 Å². The maximum Gasteiger partial charge on any atom is 0.271 e. The summed E-state index contributed by atoms with van der Waals surface area (Å²) in [5.41, 5.74) is 6.34. The molecular weight excluding hydrogens is 238 g/mol. The first-order valence-corrected chi connectivity index (χ1v) is 5.97. The number of rotatable bonds is 3. The molecule has 96 valence electrons. The number of aromatic nitrogens is 1. The van der Waals surface area contributed by atoms with Gasteiger partial charge in [-0.25, -0.2) is 5.43 Å². The number of pyridine rings is 1. The van der Waals surface area contributed by atoms with Crippen molar-refractivity contribution in [3.05, 3.63) is 65.0 Å². The monoisotopic (exact) mass is 253 g/mol. The van der Waals surface area contributed by atoms with E-state index in [2.05, 4.69) is 21.6 Å². The summed E-state index contributed by atoms with van der Waals surface area (Å²) in [4.78, 5) is 15.6. The Balaban J connectivity index is 2.02. The van der Waals surface area contributed by atoms with E-state index in [0.717, 1.165) is 11.1 Å². The quantitative estimate of drug-likeness (QED) is 0.674. The molecule has 1 amide bonds. The third-order valence-corrected chi connectivity index (χ3v) is 2.74. The minimum Gasteiger partial charge on any atom is -0.267 e. The van der Waals surface area contributed by atoms with Gasteiger partial charge < -0.3 is 0 Å². The lowest BCUT2D eigenvalue weighted by atomic mass is 10.1. The minimum absolute atomic E-state index is 0.247. The van der Waals surface area contributed by atoms with Crippen LogP contribution in [0.4, 0.5) is 0 Å². The van der Waals surface area contributed by atoms with Crippen molar-refractivity contribution in [3.63, 3.8) is 0 Å². The summed E-state index contributed by atoms with van der Waals surface area (Å²) >= 11 is 0. The SMILES string of the molecule is Cc1ccc(/C=N\NC(=O)c2ccncc2)c(C)c1. The molecule has 0 bridgehead atoms. The molecule has 0 saturated heterocycles. The van der Waals surface area contributed by atoms with Gasteiger partial charge in [-0.3, -0.25) is 9.78 Å². The predicted octanol–water partition coefficient (Wildman–Crippen LogP) is 2.46. The van der Waals surface area contributed by atoms with Crippen molar-refractivity contribution in [3.8, 4) is 0 Å². The zero-order valence-corrected chi connectivity index (χ0v) is 10.9. The Morgan fingerprint density at radius 1 is 1.21 bits per heavy atom. The Kier molecular flexibility index (Phi) is 4.03. The summed E-state index contributed by atoms with van der Waals surface area (Å²) < 4.78 is 0. The van der Waals surface area contributed by atoms with Gasteiger partial charge in [-0.2, -0.15) is 5.10 Å². The highest BCUT2D eigenvalue weighted by Crippen LogP contribution is 2.07. The number of carbonyl (C=O) groups is 1. The molecule has 0 unspecified atom stereocenters. The van der Waals surface area contributed by atoms with Crippen LogP contribution in [-0.4, -0.2) is 17.1 Å². The van der Waals surface area contributed by atoms with Crippen LogP contribution in [0.15, 0.2) is 47.8 Å². The van der Waals surface area contributed by atoms with E-state index in [1.54, 1.807) is 30.7 Å². The van der Waals surface area contributed by atoms with Gasteiger partial charge in [0.1, 0.15) is 0 Å². The van der Waals surface area contributed by atoms with E-state index in [-0.39, 0.29) is 5.91 Å². The maximum absolute atomic E-state index is 11.7. The number of hydrazone groups is 1. The average Bonchev–Trinajstić information content (AvgIpc) is 2.42. The largest absolute Gasteiger partial charge is 0.271 e. The molecule has 0 saturated carbocycles. The second-order valence-electron chi connectivity index (χ2n) is 4.30. The van der Waals surface area contributed by atoms with Crippen LogP contribution in [-0.2, 0) is 0 Å². The van der Waals surface area contributed by atoms with Crippen LogP contribution in [0.25, 0.3) is 0 Å². The van der Waals surface area contributed by atoms with Crippen molar-refractivity contribution >= 4 is 12.1 Å². The molecule has 0 radical (unpaired) electrons. The van der Waals surface area contributed by atoms with Crippen LogP contribution in [0.5, 0.6) is 0 Å². The summed E-state index contributed by atoms with van der Waals surface area (Å²) in [7, 11) is 0. The molecule has 0 aliphatic rings. The standard InChI is InChI=1S/C15H15N3O/c1-11-3-4-14(12(2)9-11)10-17-18-15(19)13-5-7-16-8-6-13/h3-10H,1-2H3,(H,18,19)/b17-10-. The van der Waals surface area contributed by atoms with Crippen LogP contribution in [0.2, 0.25) is 0 Å². The van der Waals surface area contributed by atoms with Gasteiger partial charge in [0.2, 0.25) is 0 Å². The lowest BCUT2D eigenvalue weighted by Crippen LogP contribution is -2.17. The molecule has 1 aromatic carbocycles. The van der Waals surface area contributed by atoms with E-state index in [4.69, 9.17) is 0 Å². The molecule has 1 aromatic heterocycles. The molecule has 0 atom stereocenters. The average molecular weight is 253 g/mol. The van der Waals surface area contributed by atoms with Gasteiger partial charge in [-0.15, -0.1) is 0 Å². The Morgan fingerprint density at radius 3 is 2.63 bits per heavy atom. The molecule has 0 aliphatic carbocycles. The zero-order valence-electron chi connectivity index (χ0n) is 10.9. The molecule has 0 aliphatic heterocycles. The molecule has 19 heavy (non-hydrogen) atoms. The molecule has 0 spiro atoms. The molecule has 0 fully saturated rings. The number of nitrogens with zero attached hydrogens (tertiary/aromatic N) is 2. The van der Waals surface area contributed by atoms with Crippen molar-refractivity contribution in [2.24, 2.45) is 5.10 Å². The number of aryl methyl sites for hydroxylation is 2. The van der Waals surface area contributed by atoms with Crippen molar-refractivity contribution in [2.75, 3.05) is 0 Å². The van der Waals surface area contributed by atoms with E-state index in [0.29, 0.717) is 5.56 Å². The molecule has 2 aromatic rings. The number of hydrogen-bond donors (Lipinski definition) is 1. The van der Waals surface area contributed by atoms with E-state index in [9.17, 15) is 4.79 Å². The highest BCUT2D eigenvalue weighted by atomic mass is 16.2. The normalized spacial score (nSPS) is 10.6. The fraction of sp³-hybridized carbons (Fsp3) is 0.133. The topological polar surface area (TPSA) is 54.4 Å². The first-order chi connectivity index (χ1) is 9.16. The smallest absolute Gasteiger partial charge is 0.267 e. The highest BCUT2D eigenvalue weighted by Gasteiger charge is 2.02. The summed E-state index contributed by atoms with van der Waals surface area (Å²) in [5, 5.41) is 3.96. The number of carbonyl (C=O) groups excluding carboxylic acids is 1. The van der Waals surface area contributed by atoms with E-state index >= 15 is 0 Å². The van der Waals surface area contributed by atoms with Gasteiger partial charge in [-0.05, 0) is 37.1 Å². The van der Waals surface area contributed by atoms with Crippen LogP contribution in [0.3, 0.4) is 0 Å². The Labute approximate surface area is 112 Å². The lowest BCUT2D eigenvalue weighted by molar-refractivity contribution is 0.0955. The lowest BCUT2D eigenvalue weighted by Gasteiger charge is -2.02. The van der Waals surface area contributed by atoms with E-state index < -0.39 is 0 Å². The van der Waals surface area contributed by atoms with Crippen LogP contribution in [0, 0.1) is 13.8 Å². The fourth-order valence-corrected chi connectivity index (χ4v) is 1.70. The third kappa shape index (κ3) is 3.48. The van der Waals surface area contributed by atoms with Gasteiger partial charge in [0.05, 0.1) is 6.21 Å². The van der Waals surface area contributed by atoms with Crippen LogP contribution < -0.4 is 5.43 Å². The molecule has 2 rings (SSSR count). The first-order valence-electron chi connectivity index (χ1n) is 5.97. The van der Waals surface area contributed by atoms with E-state index in [1.807, 2.05) is 26.0 Å². The highest BCUT2D eigenvalue weighted by molar-refractivity contribution is 5.94. The Morgan fingerprint density at radius 2 is 1.95 bits per heavy atom. The summed E-state index contributed by atoms with van der Waals surface area (Å²) in [6.07, 6.45) is 4.79. The molecule has 4 heteroatoms. The molecule has 4 nitrogen and oxygen atoms in total. The second kappa shape index (κ2) is 5.91. The number of amides is 1. The first kappa shape index (κ1) is 13.0. The number of benzene rings is 1. The van der Waals surface area contributed by atoms with Gasteiger partial charge in [0.25, 0.3) is 5.91 Å². The summed E-state index contributed by atoms with van der Waals surface area (Å²) in [6.45, 7) is 4.05. The van der Waals surface area contributed by atoms with Gasteiger partial charge in [0, 0.05) is 18.0 Å². The Hall–Kier alpha value is -2.49. The zero-order chi connectivity index (χ0) is 13.7. The second-order valence-corrected chi connectivity index (χ2v) is 4.30. The molecular formula is C15H15N3O. The summed E-state index contributed by atoms with van der Waals surface area (Å²) in [6, 6.07) is 9.35. The van der Waals surface area contributed by atoms with Crippen LogP contribution in [0.1, 0.15) is 27.0 Å². The fourth-order valence-electron chi connectivity index (χ4n) is 1.70. The number of nitrogens with one attached hydrogen (secondary N) is 1. The van der Waals surface area contributed by atoms with Gasteiger partial charge in [-0.1, -0.05) is 23.8 Å². The minimum atomic E-state index is -0.247. The van der Waals surface area contributed by atoms with Crippen LogP contribution >= 0.6 is 0 Å². The van der Waals surface area contributed by atoms with Crippen molar-refractivity contribution < 1.29 is 4.79 Å². The van der Waals surface area contributed by atoms with Gasteiger partial charge >= 0.3 is 0 Å². The van der Waals surface area contributed by atoms with Gasteiger partial charge in [0.15, 0.2) is 0 Å². The predicted molar refractivity (Wildman–Crippen MR) is 75.2 cm³/mol. The summed E-state index contributed by atoms with van der Waals surface area (Å²) in [5.74, 6) is -0.247. The maximum atomic E-state index is 11.7.